The third-order valence-electron chi connectivity index (χ3n) is 5.18. The SMILES string of the molecule is C1CCC2C(C1)CCN2CCNC1CCOCC1. The largest absolute Gasteiger partial charge is 0.381 e. The average Bonchev–Trinajstić information content (AvgIpc) is 2.84. The lowest BCUT2D eigenvalue weighted by Crippen LogP contribution is -2.42. The van der Waals surface area contributed by atoms with Crippen molar-refractivity contribution in [2.24, 2.45) is 5.92 Å². The van der Waals surface area contributed by atoms with Gasteiger partial charge in [0.15, 0.2) is 0 Å². The van der Waals surface area contributed by atoms with Crippen LogP contribution in [0.15, 0.2) is 0 Å². The summed E-state index contributed by atoms with van der Waals surface area (Å²) in [5.74, 6) is 1.03. The van der Waals surface area contributed by atoms with Crippen LogP contribution in [0.2, 0.25) is 0 Å². The minimum absolute atomic E-state index is 0.712. The van der Waals surface area contributed by atoms with E-state index in [1.54, 1.807) is 0 Å². The van der Waals surface area contributed by atoms with Crippen molar-refractivity contribution >= 4 is 0 Å². The Morgan fingerprint density at radius 1 is 1.00 bits per heavy atom. The molecule has 1 N–H and O–H groups in total. The van der Waals surface area contributed by atoms with E-state index in [9.17, 15) is 0 Å². The van der Waals surface area contributed by atoms with Gasteiger partial charge in [0.1, 0.15) is 0 Å². The number of rotatable bonds is 4. The summed E-state index contributed by atoms with van der Waals surface area (Å²) >= 11 is 0. The first-order valence-corrected chi connectivity index (χ1v) is 7.98. The summed E-state index contributed by atoms with van der Waals surface area (Å²) in [5, 5.41) is 3.72. The van der Waals surface area contributed by atoms with E-state index in [0.29, 0.717) is 6.04 Å². The fraction of sp³-hybridized carbons (Fsp3) is 1.00. The van der Waals surface area contributed by atoms with E-state index in [4.69, 9.17) is 4.74 Å². The van der Waals surface area contributed by atoms with E-state index in [1.165, 1.54) is 64.6 Å². The van der Waals surface area contributed by atoms with Crippen LogP contribution in [0.25, 0.3) is 0 Å². The summed E-state index contributed by atoms with van der Waals surface area (Å²) in [4.78, 5) is 2.76. The van der Waals surface area contributed by atoms with Crippen LogP contribution in [0, 0.1) is 5.92 Å². The van der Waals surface area contributed by atoms with Gasteiger partial charge in [-0.05, 0) is 44.6 Å². The lowest BCUT2D eigenvalue weighted by Gasteiger charge is -2.32. The molecule has 104 valence electrons. The molecule has 2 saturated heterocycles. The highest BCUT2D eigenvalue weighted by molar-refractivity contribution is 4.90. The highest BCUT2D eigenvalue weighted by Gasteiger charge is 2.34. The van der Waals surface area contributed by atoms with Crippen LogP contribution in [0.3, 0.4) is 0 Å². The molecule has 3 heteroatoms. The van der Waals surface area contributed by atoms with Crippen LogP contribution in [-0.4, -0.2) is 49.8 Å². The number of ether oxygens (including phenoxy) is 1. The van der Waals surface area contributed by atoms with Gasteiger partial charge in [0.2, 0.25) is 0 Å². The first kappa shape index (κ1) is 12.9. The molecule has 2 heterocycles. The third kappa shape index (κ3) is 3.06. The normalized spacial score (nSPS) is 34.7. The van der Waals surface area contributed by atoms with Crippen LogP contribution in [0.4, 0.5) is 0 Å². The fourth-order valence-electron chi connectivity index (χ4n) is 4.09. The van der Waals surface area contributed by atoms with E-state index in [1.807, 2.05) is 0 Å². The summed E-state index contributed by atoms with van der Waals surface area (Å²) in [6.07, 6.45) is 9.76. The maximum absolute atomic E-state index is 5.40. The van der Waals surface area contributed by atoms with Crippen molar-refractivity contribution in [2.75, 3.05) is 32.8 Å². The van der Waals surface area contributed by atoms with Crippen LogP contribution in [-0.2, 0) is 4.74 Å². The number of hydrogen-bond acceptors (Lipinski definition) is 3. The predicted octanol–water partition coefficient (Wildman–Crippen LogP) is 2.02. The topological polar surface area (TPSA) is 24.5 Å². The van der Waals surface area contributed by atoms with Gasteiger partial charge in [0.25, 0.3) is 0 Å². The Morgan fingerprint density at radius 3 is 2.72 bits per heavy atom. The number of nitrogens with zero attached hydrogens (tertiary/aromatic N) is 1. The van der Waals surface area contributed by atoms with E-state index in [-0.39, 0.29) is 0 Å². The first-order chi connectivity index (χ1) is 8.93. The molecule has 0 spiro atoms. The highest BCUT2D eigenvalue weighted by Crippen LogP contribution is 2.35. The molecule has 0 aromatic heterocycles. The van der Waals surface area contributed by atoms with Crippen LogP contribution < -0.4 is 5.32 Å². The Hall–Kier alpha value is -0.120. The molecule has 0 aromatic carbocycles. The average molecular weight is 252 g/mol. The molecule has 1 aliphatic carbocycles. The zero-order valence-corrected chi connectivity index (χ0v) is 11.6. The van der Waals surface area contributed by atoms with Gasteiger partial charge in [-0.1, -0.05) is 12.8 Å². The van der Waals surface area contributed by atoms with E-state index in [2.05, 4.69) is 10.2 Å². The molecular weight excluding hydrogens is 224 g/mol. The van der Waals surface area contributed by atoms with Crippen LogP contribution >= 0.6 is 0 Å². The highest BCUT2D eigenvalue weighted by atomic mass is 16.5. The van der Waals surface area contributed by atoms with Gasteiger partial charge in [0.05, 0.1) is 0 Å². The zero-order chi connectivity index (χ0) is 12.2. The van der Waals surface area contributed by atoms with Gasteiger partial charge in [-0.15, -0.1) is 0 Å². The molecule has 0 amide bonds. The van der Waals surface area contributed by atoms with Gasteiger partial charge >= 0.3 is 0 Å². The van der Waals surface area contributed by atoms with Gasteiger partial charge in [-0.2, -0.15) is 0 Å². The maximum Gasteiger partial charge on any atom is 0.0480 e. The molecule has 3 nitrogen and oxygen atoms in total. The molecule has 0 radical (unpaired) electrons. The Labute approximate surface area is 111 Å². The van der Waals surface area contributed by atoms with Crippen molar-refractivity contribution in [2.45, 2.75) is 57.0 Å². The van der Waals surface area contributed by atoms with Gasteiger partial charge in [-0.3, -0.25) is 4.90 Å². The zero-order valence-electron chi connectivity index (χ0n) is 11.6. The Kier molecular flexibility index (Phi) is 4.55. The van der Waals surface area contributed by atoms with Crippen molar-refractivity contribution in [3.8, 4) is 0 Å². The standard InChI is InChI=1S/C15H28N2O/c1-2-4-15-13(3-1)5-9-17(15)10-8-16-14-6-11-18-12-7-14/h13-16H,1-12H2. The van der Waals surface area contributed by atoms with Crippen molar-refractivity contribution < 1.29 is 4.74 Å². The molecule has 2 unspecified atom stereocenters. The van der Waals surface area contributed by atoms with E-state index >= 15 is 0 Å². The summed E-state index contributed by atoms with van der Waals surface area (Å²) < 4.78 is 5.40. The maximum atomic E-state index is 5.40. The molecule has 1 saturated carbocycles. The molecule has 0 bridgehead atoms. The fourth-order valence-corrected chi connectivity index (χ4v) is 4.09. The third-order valence-corrected chi connectivity index (χ3v) is 5.18. The lowest BCUT2D eigenvalue weighted by molar-refractivity contribution is 0.0766. The van der Waals surface area contributed by atoms with Crippen LogP contribution in [0.1, 0.15) is 44.9 Å². The quantitative estimate of drug-likeness (QED) is 0.828. The second-order valence-corrected chi connectivity index (χ2v) is 6.28. The van der Waals surface area contributed by atoms with Crippen LogP contribution in [0.5, 0.6) is 0 Å². The molecule has 0 aromatic rings. The van der Waals surface area contributed by atoms with E-state index < -0.39 is 0 Å². The molecule has 3 fully saturated rings. The molecule has 2 atom stereocenters. The van der Waals surface area contributed by atoms with Gasteiger partial charge < -0.3 is 10.1 Å². The van der Waals surface area contributed by atoms with Crippen molar-refractivity contribution in [3.05, 3.63) is 0 Å². The van der Waals surface area contributed by atoms with Crippen molar-refractivity contribution in [3.63, 3.8) is 0 Å². The Morgan fingerprint density at radius 2 is 1.83 bits per heavy atom. The summed E-state index contributed by atoms with van der Waals surface area (Å²) in [6.45, 7) is 5.69. The minimum atomic E-state index is 0.712. The summed E-state index contributed by atoms with van der Waals surface area (Å²) in [5.41, 5.74) is 0. The number of likely N-dealkylation sites (tertiary alicyclic amines) is 1. The molecule has 3 rings (SSSR count). The van der Waals surface area contributed by atoms with Gasteiger partial charge in [0, 0.05) is 38.4 Å². The number of fused-ring (bicyclic) bond motifs is 1. The predicted molar refractivity (Wildman–Crippen MR) is 73.8 cm³/mol. The molecule has 3 aliphatic rings. The number of nitrogens with one attached hydrogen (secondary N) is 1. The number of hydrogen-bond donors (Lipinski definition) is 1. The van der Waals surface area contributed by atoms with Crippen molar-refractivity contribution in [1.29, 1.82) is 0 Å². The summed E-state index contributed by atoms with van der Waals surface area (Å²) in [7, 11) is 0. The first-order valence-electron chi connectivity index (χ1n) is 7.98. The summed E-state index contributed by atoms with van der Waals surface area (Å²) in [6, 6.07) is 1.64. The smallest absolute Gasteiger partial charge is 0.0480 e. The Balaban J connectivity index is 1.37. The van der Waals surface area contributed by atoms with E-state index in [0.717, 1.165) is 25.2 Å². The molecule has 2 aliphatic heterocycles. The van der Waals surface area contributed by atoms with Crippen molar-refractivity contribution in [1.82, 2.24) is 10.2 Å². The Bertz CT molecular complexity index is 253. The van der Waals surface area contributed by atoms with Gasteiger partial charge in [-0.25, -0.2) is 0 Å². The molecule has 18 heavy (non-hydrogen) atoms. The second kappa shape index (κ2) is 6.36. The lowest BCUT2D eigenvalue weighted by atomic mass is 9.85. The molecular formula is C15H28N2O. The monoisotopic (exact) mass is 252 g/mol. The second-order valence-electron chi connectivity index (χ2n) is 6.28. The minimum Gasteiger partial charge on any atom is -0.381 e.